The van der Waals surface area contributed by atoms with E-state index in [2.05, 4.69) is 6.58 Å². The van der Waals surface area contributed by atoms with Gasteiger partial charge in [0.05, 0.1) is 4.92 Å². The van der Waals surface area contributed by atoms with E-state index in [9.17, 15) is 14.9 Å². The van der Waals surface area contributed by atoms with Crippen LogP contribution in [0.15, 0.2) is 36.9 Å². The van der Waals surface area contributed by atoms with Crippen molar-refractivity contribution in [3.8, 4) is 0 Å². The predicted octanol–water partition coefficient (Wildman–Crippen LogP) is 2.39. The molecule has 1 aromatic rings. The van der Waals surface area contributed by atoms with Crippen LogP contribution in [0.1, 0.15) is 18.6 Å². The van der Waals surface area contributed by atoms with Gasteiger partial charge in [-0.05, 0) is 24.6 Å². The number of carbonyl (C=O) groups is 1. The second-order valence-electron chi connectivity index (χ2n) is 3.13. The molecule has 0 amide bonds. The summed E-state index contributed by atoms with van der Waals surface area (Å²) in [5.41, 5.74) is 0.701. The molecule has 16 heavy (non-hydrogen) atoms. The number of non-ortho nitro benzene ring substituents is 1. The Bertz CT molecular complexity index is 410. The zero-order valence-electron chi connectivity index (χ0n) is 8.75. The molecule has 0 spiro atoms. The first-order valence-corrected chi connectivity index (χ1v) is 4.62. The van der Waals surface area contributed by atoms with Gasteiger partial charge >= 0.3 is 5.97 Å². The first-order chi connectivity index (χ1) is 7.54. The SMILES string of the molecule is C=CC(=O)OC(C)c1ccc([N+](=O)[O-])cc1. The lowest BCUT2D eigenvalue weighted by Crippen LogP contribution is -2.05. The van der Waals surface area contributed by atoms with Crippen LogP contribution in [0.3, 0.4) is 0 Å². The number of nitro benzene ring substituents is 1. The summed E-state index contributed by atoms with van der Waals surface area (Å²) in [7, 11) is 0. The molecule has 5 nitrogen and oxygen atoms in total. The van der Waals surface area contributed by atoms with Crippen LogP contribution in [0, 0.1) is 10.1 Å². The molecule has 84 valence electrons. The molecule has 1 atom stereocenters. The van der Waals surface area contributed by atoms with E-state index in [0.717, 1.165) is 6.08 Å². The lowest BCUT2D eigenvalue weighted by Gasteiger charge is -2.11. The largest absolute Gasteiger partial charge is 0.455 e. The molecule has 0 saturated carbocycles. The summed E-state index contributed by atoms with van der Waals surface area (Å²) in [5.74, 6) is -0.522. The van der Waals surface area contributed by atoms with Gasteiger partial charge in [-0.1, -0.05) is 6.58 Å². The molecule has 0 aliphatic heterocycles. The number of benzene rings is 1. The van der Waals surface area contributed by atoms with Crippen LogP contribution >= 0.6 is 0 Å². The summed E-state index contributed by atoms with van der Waals surface area (Å²) >= 11 is 0. The third-order valence-electron chi connectivity index (χ3n) is 2.03. The van der Waals surface area contributed by atoms with Crippen molar-refractivity contribution < 1.29 is 14.5 Å². The van der Waals surface area contributed by atoms with Crippen molar-refractivity contribution in [1.82, 2.24) is 0 Å². The van der Waals surface area contributed by atoms with Crippen LogP contribution in [0.5, 0.6) is 0 Å². The van der Waals surface area contributed by atoms with Gasteiger partial charge in [0.2, 0.25) is 0 Å². The van der Waals surface area contributed by atoms with Crippen LogP contribution in [0.2, 0.25) is 0 Å². The highest BCUT2D eigenvalue weighted by atomic mass is 16.6. The Morgan fingerprint density at radius 2 is 2.06 bits per heavy atom. The van der Waals surface area contributed by atoms with Gasteiger partial charge in [-0.25, -0.2) is 4.79 Å². The maximum atomic E-state index is 10.9. The standard InChI is InChI=1S/C11H11NO4/c1-3-11(13)16-8(2)9-4-6-10(7-5-9)12(14)15/h3-8H,1H2,2H3. The predicted molar refractivity (Wildman–Crippen MR) is 57.8 cm³/mol. The van der Waals surface area contributed by atoms with Crippen molar-refractivity contribution >= 4 is 11.7 Å². The molecule has 1 unspecified atom stereocenters. The van der Waals surface area contributed by atoms with E-state index >= 15 is 0 Å². The van der Waals surface area contributed by atoms with Gasteiger partial charge in [-0.2, -0.15) is 0 Å². The van der Waals surface area contributed by atoms with E-state index in [1.54, 1.807) is 19.1 Å². The fourth-order valence-electron chi connectivity index (χ4n) is 1.16. The molecule has 1 rings (SSSR count). The Labute approximate surface area is 92.5 Å². The lowest BCUT2D eigenvalue weighted by molar-refractivity contribution is -0.384. The minimum atomic E-state index is -0.522. The highest BCUT2D eigenvalue weighted by Crippen LogP contribution is 2.20. The van der Waals surface area contributed by atoms with E-state index in [1.807, 2.05) is 0 Å². The maximum Gasteiger partial charge on any atom is 0.330 e. The quantitative estimate of drug-likeness (QED) is 0.339. The number of nitrogens with zero attached hydrogens (tertiary/aromatic N) is 1. The fourth-order valence-corrected chi connectivity index (χ4v) is 1.16. The summed E-state index contributed by atoms with van der Waals surface area (Å²) in [6.45, 7) is 4.96. The van der Waals surface area contributed by atoms with Crippen molar-refractivity contribution in [1.29, 1.82) is 0 Å². The molecule has 0 heterocycles. The summed E-state index contributed by atoms with van der Waals surface area (Å²) in [6, 6.07) is 5.85. The minimum absolute atomic E-state index is 0.00555. The molecule has 1 aromatic carbocycles. The Morgan fingerprint density at radius 1 is 1.50 bits per heavy atom. The van der Waals surface area contributed by atoms with Crippen LogP contribution in [0.25, 0.3) is 0 Å². The zero-order valence-corrected chi connectivity index (χ0v) is 8.75. The molecule has 0 saturated heterocycles. The fraction of sp³-hybridized carbons (Fsp3) is 0.182. The van der Waals surface area contributed by atoms with Gasteiger partial charge < -0.3 is 4.74 Å². The molecule has 0 aromatic heterocycles. The molecule has 0 fully saturated rings. The monoisotopic (exact) mass is 221 g/mol. The average Bonchev–Trinajstić information content (AvgIpc) is 2.28. The molecule has 0 aliphatic carbocycles. The second-order valence-corrected chi connectivity index (χ2v) is 3.13. The number of hydrogen-bond donors (Lipinski definition) is 0. The Hall–Kier alpha value is -2.17. The first kappa shape index (κ1) is 11.9. The molecule has 5 heteroatoms. The van der Waals surface area contributed by atoms with E-state index in [-0.39, 0.29) is 5.69 Å². The maximum absolute atomic E-state index is 10.9. The van der Waals surface area contributed by atoms with Crippen LogP contribution in [0.4, 0.5) is 5.69 Å². The van der Waals surface area contributed by atoms with E-state index in [0.29, 0.717) is 5.56 Å². The van der Waals surface area contributed by atoms with E-state index in [1.165, 1.54) is 12.1 Å². The van der Waals surface area contributed by atoms with Gasteiger partial charge in [0.1, 0.15) is 6.10 Å². The van der Waals surface area contributed by atoms with Crippen molar-refractivity contribution in [3.63, 3.8) is 0 Å². The Balaban J connectivity index is 2.77. The average molecular weight is 221 g/mol. The Morgan fingerprint density at radius 3 is 2.50 bits per heavy atom. The number of hydrogen-bond acceptors (Lipinski definition) is 4. The summed E-state index contributed by atoms with van der Waals surface area (Å²) < 4.78 is 4.96. The number of nitro groups is 1. The van der Waals surface area contributed by atoms with Crippen LogP contribution in [-0.2, 0) is 9.53 Å². The minimum Gasteiger partial charge on any atom is -0.455 e. The third kappa shape index (κ3) is 2.91. The number of esters is 1. The van der Waals surface area contributed by atoms with Crippen molar-refractivity contribution in [3.05, 3.63) is 52.6 Å². The number of carbonyl (C=O) groups excluding carboxylic acids is 1. The highest BCUT2D eigenvalue weighted by molar-refractivity contribution is 5.81. The van der Waals surface area contributed by atoms with E-state index in [4.69, 9.17) is 4.74 Å². The molecule has 0 bridgehead atoms. The third-order valence-corrected chi connectivity index (χ3v) is 2.03. The second kappa shape index (κ2) is 5.06. The lowest BCUT2D eigenvalue weighted by atomic mass is 10.1. The van der Waals surface area contributed by atoms with Crippen LogP contribution in [-0.4, -0.2) is 10.9 Å². The molecule has 0 aliphatic rings. The molecule has 0 radical (unpaired) electrons. The molecule has 0 N–H and O–H groups in total. The van der Waals surface area contributed by atoms with Crippen molar-refractivity contribution in [2.24, 2.45) is 0 Å². The number of ether oxygens (including phenoxy) is 1. The zero-order chi connectivity index (χ0) is 12.1. The highest BCUT2D eigenvalue weighted by Gasteiger charge is 2.11. The normalized spacial score (nSPS) is 11.6. The van der Waals surface area contributed by atoms with Gasteiger partial charge in [-0.15, -0.1) is 0 Å². The van der Waals surface area contributed by atoms with Crippen molar-refractivity contribution in [2.75, 3.05) is 0 Å². The Kier molecular flexibility index (Phi) is 3.77. The van der Waals surface area contributed by atoms with Gasteiger partial charge in [0.25, 0.3) is 5.69 Å². The van der Waals surface area contributed by atoms with Crippen molar-refractivity contribution in [2.45, 2.75) is 13.0 Å². The van der Waals surface area contributed by atoms with E-state index < -0.39 is 17.0 Å². The summed E-state index contributed by atoms with van der Waals surface area (Å²) in [6.07, 6.45) is 0.619. The van der Waals surface area contributed by atoms with Gasteiger partial charge in [0, 0.05) is 18.2 Å². The molecular weight excluding hydrogens is 210 g/mol. The molecular formula is C11H11NO4. The summed E-state index contributed by atoms with van der Waals surface area (Å²) in [4.78, 5) is 20.9. The summed E-state index contributed by atoms with van der Waals surface area (Å²) in [5, 5.41) is 10.4. The first-order valence-electron chi connectivity index (χ1n) is 4.62. The van der Waals surface area contributed by atoms with Gasteiger partial charge in [0.15, 0.2) is 0 Å². The van der Waals surface area contributed by atoms with Crippen LogP contribution < -0.4 is 0 Å². The van der Waals surface area contributed by atoms with Gasteiger partial charge in [-0.3, -0.25) is 10.1 Å². The smallest absolute Gasteiger partial charge is 0.330 e. The number of rotatable bonds is 4. The topological polar surface area (TPSA) is 69.4 Å².